The molecule has 0 aliphatic carbocycles. The van der Waals surface area contributed by atoms with Crippen LogP contribution in [0.1, 0.15) is 26.3 Å². The zero-order valence-electron chi connectivity index (χ0n) is 11.4. The first kappa shape index (κ1) is 14.5. The number of hydrogen-bond acceptors (Lipinski definition) is 4. The van der Waals surface area contributed by atoms with E-state index in [-0.39, 0.29) is 12.6 Å². The van der Waals surface area contributed by atoms with Gasteiger partial charge in [-0.1, -0.05) is 18.2 Å². The van der Waals surface area contributed by atoms with Gasteiger partial charge in [0.25, 0.3) is 0 Å². The highest BCUT2D eigenvalue weighted by molar-refractivity contribution is 5.71. The Balaban J connectivity index is 2.55. The largest absolute Gasteiger partial charge is 0.482 e. The lowest BCUT2D eigenvalue weighted by molar-refractivity contribution is -0.157. The molecule has 100 valence electrons. The van der Waals surface area contributed by atoms with Gasteiger partial charge in [0.1, 0.15) is 11.4 Å². The minimum absolute atomic E-state index is 0.0992. The molecule has 0 N–H and O–H groups in total. The average Bonchev–Trinajstić information content (AvgIpc) is 2.26. The lowest BCUT2D eigenvalue weighted by Gasteiger charge is -2.19. The van der Waals surface area contributed by atoms with Crippen molar-refractivity contribution >= 4 is 5.97 Å². The number of hydrogen-bond donors (Lipinski definition) is 0. The quantitative estimate of drug-likeness (QED) is 0.755. The fraction of sp³-hybridized carbons (Fsp3) is 0.500. The normalized spacial score (nSPS) is 11.1. The van der Waals surface area contributed by atoms with Crippen LogP contribution in [0.15, 0.2) is 24.3 Å². The molecule has 4 heteroatoms. The molecule has 0 aliphatic heterocycles. The molecule has 0 unspecified atom stereocenters. The van der Waals surface area contributed by atoms with Gasteiger partial charge < -0.3 is 14.2 Å². The van der Waals surface area contributed by atoms with Crippen molar-refractivity contribution in [3.63, 3.8) is 0 Å². The molecule has 0 heterocycles. The Bertz CT molecular complexity index is 393. The summed E-state index contributed by atoms with van der Waals surface area (Å²) in [5, 5.41) is 0. The minimum atomic E-state index is -0.494. The highest BCUT2D eigenvalue weighted by Crippen LogP contribution is 2.18. The average molecular weight is 252 g/mol. The van der Waals surface area contributed by atoms with E-state index in [9.17, 15) is 4.79 Å². The number of ether oxygens (including phenoxy) is 3. The summed E-state index contributed by atoms with van der Waals surface area (Å²) >= 11 is 0. The number of para-hydroxylation sites is 1. The summed E-state index contributed by atoms with van der Waals surface area (Å²) in [6, 6.07) is 7.45. The van der Waals surface area contributed by atoms with Crippen molar-refractivity contribution in [3.8, 4) is 5.75 Å². The second kappa shape index (κ2) is 6.40. The molecule has 0 aromatic heterocycles. The van der Waals surface area contributed by atoms with Crippen LogP contribution in [0.2, 0.25) is 0 Å². The summed E-state index contributed by atoms with van der Waals surface area (Å²) in [7, 11) is 1.62. The minimum Gasteiger partial charge on any atom is -0.482 e. The van der Waals surface area contributed by atoms with E-state index in [1.807, 2.05) is 39.0 Å². The Morgan fingerprint density at radius 2 is 1.89 bits per heavy atom. The molecular formula is C14H20O4. The molecule has 4 nitrogen and oxygen atoms in total. The van der Waals surface area contributed by atoms with Gasteiger partial charge in [-0.3, -0.25) is 0 Å². The number of rotatable bonds is 5. The van der Waals surface area contributed by atoms with Gasteiger partial charge in [0.15, 0.2) is 6.61 Å². The van der Waals surface area contributed by atoms with Crippen LogP contribution in [-0.2, 0) is 20.9 Å². The molecular weight excluding hydrogens is 232 g/mol. The van der Waals surface area contributed by atoms with Gasteiger partial charge in [0.05, 0.1) is 6.61 Å². The van der Waals surface area contributed by atoms with Crippen molar-refractivity contribution in [3.05, 3.63) is 29.8 Å². The molecule has 1 aromatic rings. The number of methoxy groups -OCH3 is 1. The van der Waals surface area contributed by atoms with Crippen LogP contribution in [0.5, 0.6) is 5.75 Å². The van der Waals surface area contributed by atoms with Crippen LogP contribution in [0.3, 0.4) is 0 Å². The van der Waals surface area contributed by atoms with Crippen LogP contribution in [-0.4, -0.2) is 25.3 Å². The Morgan fingerprint density at radius 3 is 2.50 bits per heavy atom. The van der Waals surface area contributed by atoms with Gasteiger partial charge in [0, 0.05) is 12.7 Å². The van der Waals surface area contributed by atoms with Crippen LogP contribution >= 0.6 is 0 Å². The smallest absolute Gasteiger partial charge is 0.344 e. The number of carbonyl (C=O) groups excluding carboxylic acids is 1. The first-order chi connectivity index (χ1) is 8.42. The van der Waals surface area contributed by atoms with Crippen molar-refractivity contribution in [2.75, 3.05) is 13.7 Å². The molecule has 0 fully saturated rings. The van der Waals surface area contributed by atoms with Gasteiger partial charge in [-0.05, 0) is 26.8 Å². The summed E-state index contributed by atoms with van der Waals surface area (Å²) in [6.07, 6.45) is 0. The Hall–Kier alpha value is -1.55. The van der Waals surface area contributed by atoms with E-state index in [0.29, 0.717) is 12.4 Å². The molecule has 0 bridgehead atoms. The van der Waals surface area contributed by atoms with Gasteiger partial charge in [-0.2, -0.15) is 0 Å². The summed E-state index contributed by atoms with van der Waals surface area (Å²) < 4.78 is 15.7. The van der Waals surface area contributed by atoms with E-state index in [0.717, 1.165) is 5.56 Å². The van der Waals surface area contributed by atoms with Crippen molar-refractivity contribution in [1.82, 2.24) is 0 Å². The molecule has 0 aliphatic rings. The first-order valence-corrected chi connectivity index (χ1v) is 5.84. The maximum atomic E-state index is 11.5. The third kappa shape index (κ3) is 5.19. The third-order valence-electron chi connectivity index (χ3n) is 2.04. The second-order valence-corrected chi connectivity index (χ2v) is 4.92. The van der Waals surface area contributed by atoms with Gasteiger partial charge >= 0.3 is 5.97 Å². The first-order valence-electron chi connectivity index (χ1n) is 5.84. The third-order valence-corrected chi connectivity index (χ3v) is 2.04. The van der Waals surface area contributed by atoms with Crippen molar-refractivity contribution in [2.45, 2.75) is 33.0 Å². The van der Waals surface area contributed by atoms with Crippen LogP contribution in [0.4, 0.5) is 0 Å². The molecule has 1 rings (SSSR count). The summed E-state index contributed by atoms with van der Waals surface area (Å²) in [5.41, 5.74) is 0.413. The Kier molecular flexibility index (Phi) is 5.16. The van der Waals surface area contributed by atoms with E-state index in [2.05, 4.69) is 0 Å². The number of esters is 1. The lowest BCUT2D eigenvalue weighted by atomic mass is 10.2. The highest BCUT2D eigenvalue weighted by atomic mass is 16.6. The molecule has 0 saturated heterocycles. The van der Waals surface area contributed by atoms with Crippen molar-refractivity contribution in [1.29, 1.82) is 0 Å². The Morgan fingerprint density at radius 1 is 1.22 bits per heavy atom. The van der Waals surface area contributed by atoms with E-state index in [1.54, 1.807) is 13.2 Å². The maximum Gasteiger partial charge on any atom is 0.344 e. The highest BCUT2D eigenvalue weighted by Gasteiger charge is 2.16. The molecule has 1 aromatic carbocycles. The van der Waals surface area contributed by atoms with Gasteiger partial charge in [-0.15, -0.1) is 0 Å². The molecule has 0 saturated carbocycles. The van der Waals surface area contributed by atoms with Crippen LogP contribution < -0.4 is 4.74 Å². The number of benzene rings is 1. The molecule has 0 atom stereocenters. The Labute approximate surface area is 108 Å². The summed E-state index contributed by atoms with van der Waals surface area (Å²) in [6.45, 7) is 5.82. The lowest BCUT2D eigenvalue weighted by Crippen LogP contribution is -2.27. The zero-order chi connectivity index (χ0) is 13.6. The number of carbonyl (C=O) groups is 1. The predicted octanol–water partition coefficient (Wildman–Crippen LogP) is 2.55. The van der Waals surface area contributed by atoms with Gasteiger partial charge in [0.2, 0.25) is 0 Å². The van der Waals surface area contributed by atoms with Crippen LogP contribution in [0, 0.1) is 0 Å². The second-order valence-electron chi connectivity index (χ2n) is 4.92. The van der Waals surface area contributed by atoms with Crippen molar-refractivity contribution < 1.29 is 19.0 Å². The van der Waals surface area contributed by atoms with Crippen LogP contribution in [0.25, 0.3) is 0 Å². The topological polar surface area (TPSA) is 44.8 Å². The van der Waals surface area contributed by atoms with Gasteiger partial charge in [-0.25, -0.2) is 4.79 Å². The van der Waals surface area contributed by atoms with Crippen molar-refractivity contribution in [2.24, 2.45) is 0 Å². The monoisotopic (exact) mass is 252 g/mol. The van der Waals surface area contributed by atoms with E-state index in [1.165, 1.54) is 0 Å². The fourth-order valence-corrected chi connectivity index (χ4v) is 1.43. The summed E-state index contributed by atoms with van der Waals surface area (Å²) in [5.74, 6) is 0.264. The molecule has 0 spiro atoms. The maximum absolute atomic E-state index is 11.5. The van der Waals surface area contributed by atoms with E-state index in [4.69, 9.17) is 14.2 Å². The zero-order valence-corrected chi connectivity index (χ0v) is 11.4. The van der Waals surface area contributed by atoms with E-state index >= 15 is 0 Å². The van der Waals surface area contributed by atoms with E-state index < -0.39 is 5.60 Å². The SMILES string of the molecule is COCc1ccccc1OCC(=O)OC(C)(C)C. The fourth-order valence-electron chi connectivity index (χ4n) is 1.43. The molecule has 0 radical (unpaired) electrons. The summed E-state index contributed by atoms with van der Waals surface area (Å²) in [4.78, 5) is 11.5. The standard InChI is InChI=1S/C14H20O4/c1-14(2,3)18-13(15)10-17-12-8-6-5-7-11(12)9-16-4/h5-8H,9-10H2,1-4H3. The molecule has 0 amide bonds. The molecule has 18 heavy (non-hydrogen) atoms. The predicted molar refractivity (Wildman–Crippen MR) is 68.5 cm³/mol.